The topological polar surface area (TPSA) is 101 Å². The summed E-state index contributed by atoms with van der Waals surface area (Å²) in [5, 5.41) is 2.76. The maximum atomic E-state index is 13.5. The normalized spacial score (nSPS) is 16.4. The van der Waals surface area contributed by atoms with Crippen molar-refractivity contribution in [2.45, 2.75) is 54.1 Å². The summed E-state index contributed by atoms with van der Waals surface area (Å²) >= 11 is 0. The van der Waals surface area contributed by atoms with Crippen LogP contribution < -0.4 is 5.32 Å². The van der Waals surface area contributed by atoms with Crippen LogP contribution in [0.3, 0.4) is 0 Å². The molecule has 0 bridgehead atoms. The van der Waals surface area contributed by atoms with Gasteiger partial charge < -0.3 is 5.32 Å². The zero-order valence-corrected chi connectivity index (χ0v) is 19.8. The number of nitrogens with zero attached hydrogens (tertiary/aromatic N) is 1. The molecule has 0 aromatic heterocycles. The number of sulfone groups is 1. The first-order valence-electron chi connectivity index (χ1n) is 10.1. The summed E-state index contributed by atoms with van der Waals surface area (Å²) in [4.78, 5) is 13.6. The minimum absolute atomic E-state index is 0.0438. The van der Waals surface area contributed by atoms with E-state index in [0.29, 0.717) is 29.7 Å². The van der Waals surface area contributed by atoms with Crippen LogP contribution in [-0.2, 0) is 24.7 Å². The molecule has 1 aliphatic rings. The van der Waals surface area contributed by atoms with Crippen LogP contribution in [0.2, 0.25) is 0 Å². The van der Waals surface area contributed by atoms with Crippen molar-refractivity contribution in [3.8, 4) is 0 Å². The SMILES string of the molecule is Cc1cc(S(=O)(=O)N(C)C)cc(NC(=O)C2(S(=O)(=O)c3ccccc3)CCCC2)c1C. The molecule has 1 aliphatic carbocycles. The van der Waals surface area contributed by atoms with Gasteiger partial charge in [0.2, 0.25) is 15.9 Å². The third kappa shape index (κ3) is 4.02. The Bertz CT molecular complexity index is 1200. The van der Waals surface area contributed by atoms with E-state index in [4.69, 9.17) is 0 Å². The Hall–Kier alpha value is -2.23. The highest BCUT2D eigenvalue weighted by Crippen LogP contribution is 2.41. The lowest BCUT2D eigenvalue weighted by atomic mass is 10.0. The Morgan fingerprint density at radius 3 is 2.06 bits per heavy atom. The Balaban J connectivity index is 2.06. The zero-order valence-electron chi connectivity index (χ0n) is 18.2. The average molecular weight is 465 g/mol. The number of sulfonamides is 1. The minimum atomic E-state index is -3.93. The summed E-state index contributed by atoms with van der Waals surface area (Å²) in [5.41, 5.74) is 1.68. The molecule has 31 heavy (non-hydrogen) atoms. The Morgan fingerprint density at radius 1 is 0.935 bits per heavy atom. The molecule has 1 fully saturated rings. The summed E-state index contributed by atoms with van der Waals surface area (Å²) < 4.78 is 51.7. The van der Waals surface area contributed by atoms with Crippen LogP contribution in [0.5, 0.6) is 0 Å². The highest BCUT2D eigenvalue weighted by Gasteiger charge is 2.53. The highest BCUT2D eigenvalue weighted by atomic mass is 32.2. The number of nitrogens with one attached hydrogen (secondary N) is 1. The Labute approximate surface area is 184 Å². The van der Waals surface area contributed by atoms with E-state index in [9.17, 15) is 21.6 Å². The Morgan fingerprint density at radius 2 is 1.52 bits per heavy atom. The van der Waals surface area contributed by atoms with Gasteiger partial charge in [0.25, 0.3) is 0 Å². The lowest BCUT2D eigenvalue weighted by Gasteiger charge is -2.28. The predicted octanol–water partition coefficient (Wildman–Crippen LogP) is 3.28. The van der Waals surface area contributed by atoms with Crippen molar-refractivity contribution in [3.63, 3.8) is 0 Å². The lowest BCUT2D eigenvalue weighted by molar-refractivity contribution is -0.118. The molecule has 1 amide bonds. The van der Waals surface area contributed by atoms with Gasteiger partial charge in [0, 0.05) is 19.8 Å². The van der Waals surface area contributed by atoms with Gasteiger partial charge in [-0.2, -0.15) is 0 Å². The molecule has 3 rings (SSSR count). The van der Waals surface area contributed by atoms with Gasteiger partial charge >= 0.3 is 0 Å². The first-order chi connectivity index (χ1) is 14.4. The number of hydrogen-bond acceptors (Lipinski definition) is 5. The molecule has 0 saturated heterocycles. The first kappa shape index (κ1) is 23.4. The quantitative estimate of drug-likeness (QED) is 0.707. The van der Waals surface area contributed by atoms with Crippen LogP contribution in [0.25, 0.3) is 0 Å². The van der Waals surface area contributed by atoms with Crippen LogP contribution in [-0.4, -0.2) is 45.9 Å². The summed E-state index contributed by atoms with van der Waals surface area (Å²) in [6.45, 7) is 3.52. The van der Waals surface area contributed by atoms with Crippen molar-refractivity contribution in [1.29, 1.82) is 0 Å². The van der Waals surface area contributed by atoms with Crippen molar-refractivity contribution in [2.24, 2.45) is 0 Å². The molecule has 0 spiro atoms. The third-order valence-electron chi connectivity index (χ3n) is 6.06. The number of rotatable bonds is 6. The molecule has 9 heteroatoms. The molecule has 7 nitrogen and oxygen atoms in total. The fourth-order valence-electron chi connectivity index (χ4n) is 3.94. The second kappa shape index (κ2) is 8.37. The number of carbonyl (C=O) groups excluding carboxylic acids is 1. The second-order valence-corrected chi connectivity index (χ2v) is 12.6. The molecule has 1 N–H and O–H groups in total. The molecule has 0 atom stereocenters. The summed E-state index contributed by atoms with van der Waals surface area (Å²) in [6.07, 6.45) is 1.71. The molecule has 2 aromatic carbocycles. The van der Waals surface area contributed by atoms with Gasteiger partial charge in [0.05, 0.1) is 9.79 Å². The van der Waals surface area contributed by atoms with Crippen molar-refractivity contribution < 1.29 is 21.6 Å². The van der Waals surface area contributed by atoms with Gasteiger partial charge in [-0.15, -0.1) is 0 Å². The van der Waals surface area contributed by atoms with Gasteiger partial charge in [-0.25, -0.2) is 21.1 Å². The van der Waals surface area contributed by atoms with E-state index in [0.717, 1.165) is 4.31 Å². The molecule has 0 heterocycles. The number of hydrogen-bond donors (Lipinski definition) is 1. The lowest BCUT2D eigenvalue weighted by Crippen LogP contribution is -2.47. The Kier molecular flexibility index (Phi) is 6.32. The molecule has 0 aliphatic heterocycles. The van der Waals surface area contributed by atoms with Gasteiger partial charge in [-0.05, 0) is 62.1 Å². The minimum Gasteiger partial charge on any atom is -0.324 e. The van der Waals surface area contributed by atoms with Crippen LogP contribution in [0.15, 0.2) is 52.3 Å². The molecule has 2 aromatic rings. The third-order valence-corrected chi connectivity index (χ3v) is 10.4. The molecule has 1 saturated carbocycles. The highest BCUT2D eigenvalue weighted by molar-refractivity contribution is 7.93. The van der Waals surface area contributed by atoms with E-state index in [-0.39, 0.29) is 22.6 Å². The van der Waals surface area contributed by atoms with Crippen LogP contribution in [0.4, 0.5) is 5.69 Å². The van der Waals surface area contributed by atoms with Gasteiger partial charge in [0.1, 0.15) is 0 Å². The van der Waals surface area contributed by atoms with E-state index in [1.807, 2.05) is 0 Å². The predicted molar refractivity (Wildman–Crippen MR) is 120 cm³/mol. The molecule has 0 unspecified atom stereocenters. The van der Waals surface area contributed by atoms with Crippen LogP contribution in [0, 0.1) is 13.8 Å². The number of carbonyl (C=O) groups is 1. The van der Waals surface area contributed by atoms with E-state index < -0.39 is 30.5 Å². The maximum absolute atomic E-state index is 13.5. The standard InChI is InChI=1S/C22H28N2O5S2/c1-16-14-19(31(28,29)24(3)4)15-20(17(16)2)23-21(25)22(12-8-9-13-22)30(26,27)18-10-6-5-7-11-18/h5-7,10-11,14-15H,8-9,12-13H2,1-4H3,(H,23,25). The fourth-order valence-corrected chi connectivity index (χ4v) is 7.04. The fraction of sp³-hybridized carbons (Fsp3) is 0.409. The van der Waals surface area contributed by atoms with Crippen molar-refractivity contribution in [2.75, 3.05) is 19.4 Å². The molecular weight excluding hydrogens is 436 g/mol. The van der Waals surface area contributed by atoms with E-state index in [1.165, 1.54) is 32.3 Å². The van der Waals surface area contributed by atoms with E-state index in [2.05, 4.69) is 5.32 Å². The van der Waals surface area contributed by atoms with Crippen molar-refractivity contribution >= 4 is 31.5 Å². The number of anilines is 1. The number of aryl methyl sites for hydroxylation is 1. The summed E-state index contributed by atoms with van der Waals surface area (Å²) in [7, 11) is -4.78. The monoisotopic (exact) mass is 464 g/mol. The zero-order chi connectivity index (χ0) is 23.0. The van der Waals surface area contributed by atoms with E-state index in [1.54, 1.807) is 38.1 Å². The van der Waals surface area contributed by atoms with Crippen LogP contribution in [0.1, 0.15) is 36.8 Å². The number of amides is 1. The van der Waals surface area contributed by atoms with Crippen molar-refractivity contribution in [1.82, 2.24) is 4.31 Å². The number of benzene rings is 2. The summed E-state index contributed by atoms with van der Waals surface area (Å²) in [5.74, 6) is -0.615. The smallest absolute Gasteiger partial charge is 0.246 e. The van der Waals surface area contributed by atoms with Gasteiger partial charge in [0.15, 0.2) is 14.6 Å². The second-order valence-electron chi connectivity index (χ2n) is 8.17. The van der Waals surface area contributed by atoms with Crippen molar-refractivity contribution in [3.05, 3.63) is 53.6 Å². The molecule has 0 radical (unpaired) electrons. The van der Waals surface area contributed by atoms with Gasteiger partial charge in [-0.1, -0.05) is 31.0 Å². The van der Waals surface area contributed by atoms with E-state index >= 15 is 0 Å². The average Bonchev–Trinajstić information content (AvgIpc) is 3.23. The summed E-state index contributed by atoms with van der Waals surface area (Å²) in [6, 6.07) is 10.9. The molecule has 168 valence electrons. The first-order valence-corrected chi connectivity index (χ1v) is 13.0. The van der Waals surface area contributed by atoms with Crippen LogP contribution >= 0.6 is 0 Å². The molecular formula is C22H28N2O5S2. The largest absolute Gasteiger partial charge is 0.324 e. The maximum Gasteiger partial charge on any atom is 0.246 e. The van der Waals surface area contributed by atoms with Gasteiger partial charge in [-0.3, -0.25) is 4.79 Å².